The molecule has 4 N–H and O–H groups in total. The van der Waals surface area contributed by atoms with Crippen LogP contribution in [0.15, 0.2) is 48.5 Å². The Morgan fingerprint density at radius 2 is 1.78 bits per heavy atom. The minimum Gasteiger partial charge on any atom is -0.352 e. The zero-order valence-electron chi connectivity index (χ0n) is 14.3. The average Bonchev–Trinajstić information content (AvgIpc) is 3.01. The van der Waals surface area contributed by atoms with Crippen molar-refractivity contribution < 1.29 is 18.4 Å². The van der Waals surface area contributed by atoms with Gasteiger partial charge in [0.1, 0.15) is 11.9 Å². The largest absolute Gasteiger partial charge is 0.352 e. The fraction of sp³-hybridized carbons (Fsp3) is 0.167. The third-order valence-corrected chi connectivity index (χ3v) is 3.95. The van der Waals surface area contributed by atoms with Crippen molar-refractivity contribution in [2.75, 3.05) is 5.32 Å². The van der Waals surface area contributed by atoms with E-state index in [1.54, 1.807) is 48.5 Å². The summed E-state index contributed by atoms with van der Waals surface area (Å²) in [4.78, 5) is 27.0. The first kappa shape index (κ1) is 18.3. The van der Waals surface area contributed by atoms with Gasteiger partial charge in [0, 0.05) is 11.3 Å². The van der Waals surface area contributed by atoms with Crippen LogP contribution in [0.25, 0.3) is 22.4 Å². The Bertz CT molecular complexity index is 985. The van der Waals surface area contributed by atoms with Gasteiger partial charge in [0.05, 0.1) is 11.0 Å². The van der Waals surface area contributed by atoms with Gasteiger partial charge < -0.3 is 16.4 Å². The molecule has 0 saturated carbocycles. The SMILES string of the molecule is C[C@@H](NC(N)=O)C(=O)Nc1ccc(-c2nc3ccccc3n2C(F)F)cc1. The molecule has 0 aliphatic heterocycles. The lowest BCUT2D eigenvalue weighted by atomic mass is 10.2. The maximum absolute atomic E-state index is 13.5. The molecule has 3 amide bonds. The number of carbonyl (C=O) groups is 2. The van der Waals surface area contributed by atoms with Crippen LogP contribution in [0.3, 0.4) is 0 Å². The van der Waals surface area contributed by atoms with Crippen molar-refractivity contribution >= 4 is 28.7 Å². The van der Waals surface area contributed by atoms with E-state index in [4.69, 9.17) is 5.73 Å². The van der Waals surface area contributed by atoms with Gasteiger partial charge in [-0.3, -0.25) is 9.36 Å². The summed E-state index contributed by atoms with van der Waals surface area (Å²) in [5, 5.41) is 4.87. The summed E-state index contributed by atoms with van der Waals surface area (Å²) in [5.41, 5.74) is 6.71. The molecule has 0 spiro atoms. The van der Waals surface area contributed by atoms with E-state index in [9.17, 15) is 18.4 Å². The van der Waals surface area contributed by atoms with Crippen molar-refractivity contribution in [3.63, 3.8) is 0 Å². The van der Waals surface area contributed by atoms with E-state index in [1.165, 1.54) is 6.92 Å². The van der Waals surface area contributed by atoms with Crippen molar-refractivity contribution in [1.29, 1.82) is 0 Å². The normalized spacial score (nSPS) is 12.1. The van der Waals surface area contributed by atoms with Gasteiger partial charge in [-0.15, -0.1) is 0 Å². The van der Waals surface area contributed by atoms with E-state index >= 15 is 0 Å². The van der Waals surface area contributed by atoms with E-state index in [1.807, 2.05) is 0 Å². The molecule has 0 fully saturated rings. The van der Waals surface area contributed by atoms with Crippen LogP contribution in [-0.2, 0) is 4.79 Å². The summed E-state index contributed by atoms with van der Waals surface area (Å²) in [5.74, 6) is -0.325. The molecule has 0 unspecified atom stereocenters. The highest BCUT2D eigenvalue weighted by Gasteiger charge is 2.19. The molecule has 0 saturated heterocycles. The van der Waals surface area contributed by atoms with Crippen molar-refractivity contribution in [3.8, 4) is 11.4 Å². The number of nitrogens with one attached hydrogen (secondary N) is 2. The van der Waals surface area contributed by atoms with Crippen LogP contribution < -0.4 is 16.4 Å². The van der Waals surface area contributed by atoms with Crippen molar-refractivity contribution in [3.05, 3.63) is 48.5 Å². The number of hydrogen-bond donors (Lipinski definition) is 3. The van der Waals surface area contributed by atoms with Crippen LogP contribution in [0.1, 0.15) is 13.5 Å². The molecule has 140 valence electrons. The van der Waals surface area contributed by atoms with Gasteiger partial charge in [0.15, 0.2) is 0 Å². The quantitative estimate of drug-likeness (QED) is 0.640. The van der Waals surface area contributed by atoms with Crippen molar-refractivity contribution in [1.82, 2.24) is 14.9 Å². The molecule has 0 aliphatic rings. The number of hydrogen-bond acceptors (Lipinski definition) is 3. The maximum atomic E-state index is 13.5. The average molecular weight is 373 g/mol. The molecule has 7 nitrogen and oxygen atoms in total. The van der Waals surface area contributed by atoms with Gasteiger partial charge in [0.2, 0.25) is 5.91 Å². The lowest BCUT2D eigenvalue weighted by Crippen LogP contribution is -2.44. The molecule has 2 aromatic carbocycles. The van der Waals surface area contributed by atoms with Crippen LogP contribution in [0.2, 0.25) is 0 Å². The lowest BCUT2D eigenvalue weighted by molar-refractivity contribution is -0.117. The Hall–Kier alpha value is -3.49. The first-order valence-electron chi connectivity index (χ1n) is 8.09. The third kappa shape index (κ3) is 3.86. The van der Waals surface area contributed by atoms with E-state index in [2.05, 4.69) is 15.6 Å². The molecule has 0 bridgehead atoms. The molecule has 3 aromatic rings. The van der Waals surface area contributed by atoms with Gasteiger partial charge in [-0.1, -0.05) is 12.1 Å². The summed E-state index contributed by atoms with van der Waals surface area (Å²) in [6.07, 6.45) is 0. The minimum atomic E-state index is -2.74. The first-order valence-corrected chi connectivity index (χ1v) is 8.09. The number of para-hydroxylation sites is 2. The second-order valence-electron chi connectivity index (χ2n) is 5.87. The standard InChI is InChI=1S/C18H17F2N5O2/c1-10(22-18(21)27)16(26)23-12-8-6-11(7-9-12)15-24-13-4-2-3-5-14(13)25(15)17(19)20/h2-10,17H,1H3,(H,23,26)(H3,21,22,27)/t10-/m1/s1. The van der Waals surface area contributed by atoms with Crippen molar-refractivity contribution in [2.45, 2.75) is 19.5 Å². The number of benzene rings is 2. The smallest absolute Gasteiger partial charge is 0.320 e. The number of carbonyl (C=O) groups excluding carboxylic acids is 2. The van der Waals surface area contributed by atoms with Crippen LogP contribution in [-0.4, -0.2) is 27.5 Å². The number of nitrogens with zero attached hydrogens (tertiary/aromatic N) is 2. The Morgan fingerprint density at radius 1 is 1.11 bits per heavy atom. The highest BCUT2D eigenvalue weighted by Crippen LogP contribution is 2.30. The van der Waals surface area contributed by atoms with Crippen molar-refractivity contribution in [2.24, 2.45) is 5.73 Å². The van der Waals surface area contributed by atoms with Crippen LogP contribution in [0, 0.1) is 0 Å². The second kappa shape index (κ2) is 7.40. The minimum absolute atomic E-state index is 0.132. The molecule has 3 rings (SSSR count). The summed E-state index contributed by atoms with van der Waals surface area (Å²) in [7, 11) is 0. The predicted molar refractivity (Wildman–Crippen MR) is 97.2 cm³/mol. The Kier molecular flexibility index (Phi) is 5.02. The predicted octanol–water partition coefficient (Wildman–Crippen LogP) is 3.09. The lowest BCUT2D eigenvalue weighted by Gasteiger charge is -2.13. The molecule has 0 radical (unpaired) electrons. The first-order chi connectivity index (χ1) is 12.9. The van der Waals surface area contributed by atoms with E-state index in [0.29, 0.717) is 22.3 Å². The highest BCUT2D eigenvalue weighted by atomic mass is 19.3. The number of rotatable bonds is 5. The molecule has 1 aromatic heterocycles. The van der Waals surface area contributed by atoms with Gasteiger partial charge >= 0.3 is 12.6 Å². The number of halogens is 2. The van der Waals surface area contributed by atoms with Crippen LogP contribution in [0.5, 0.6) is 0 Å². The Morgan fingerprint density at radius 3 is 2.41 bits per heavy atom. The molecule has 27 heavy (non-hydrogen) atoms. The number of fused-ring (bicyclic) bond motifs is 1. The van der Waals surface area contributed by atoms with Gasteiger partial charge in [-0.25, -0.2) is 9.78 Å². The molecular weight excluding hydrogens is 356 g/mol. The Labute approximate surface area is 153 Å². The molecule has 9 heteroatoms. The number of urea groups is 1. The van der Waals surface area contributed by atoms with E-state index in [0.717, 1.165) is 4.57 Å². The number of imidazole rings is 1. The molecular formula is C18H17F2N5O2. The van der Waals surface area contributed by atoms with Gasteiger partial charge in [-0.2, -0.15) is 8.78 Å². The molecule has 1 heterocycles. The van der Waals surface area contributed by atoms with E-state index < -0.39 is 24.5 Å². The monoisotopic (exact) mass is 373 g/mol. The second-order valence-corrected chi connectivity index (χ2v) is 5.87. The fourth-order valence-electron chi connectivity index (χ4n) is 2.68. The number of primary amides is 1. The number of amides is 3. The van der Waals surface area contributed by atoms with Crippen LogP contribution >= 0.6 is 0 Å². The highest BCUT2D eigenvalue weighted by molar-refractivity contribution is 5.96. The zero-order chi connectivity index (χ0) is 19.6. The van der Waals surface area contributed by atoms with Crippen LogP contribution in [0.4, 0.5) is 19.3 Å². The number of anilines is 1. The summed E-state index contributed by atoms with van der Waals surface area (Å²) in [6, 6.07) is 11.3. The number of nitrogens with two attached hydrogens (primary N) is 1. The van der Waals surface area contributed by atoms with E-state index in [-0.39, 0.29) is 5.82 Å². The Balaban J connectivity index is 1.86. The number of aromatic nitrogens is 2. The summed E-state index contributed by atoms with van der Waals surface area (Å²) < 4.78 is 27.9. The fourth-order valence-corrected chi connectivity index (χ4v) is 2.68. The third-order valence-electron chi connectivity index (χ3n) is 3.95. The van der Waals surface area contributed by atoms with Gasteiger partial charge in [-0.05, 0) is 43.3 Å². The summed E-state index contributed by atoms with van der Waals surface area (Å²) in [6.45, 7) is -1.26. The molecule has 1 atom stereocenters. The van der Waals surface area contributed by atoms with Gasteiger partial charge in [0.25, 0.3) is 0 Å². The zero-order valence-corrected chi connectivity index (χ0v) is 14.3. The topological polar surface area (TPSA) is 102 Å². The summed E-state index contributed by atoms with van der Waals surface area (Å²) >= 11 is 0. The maximum Gasteiger partial charge on any atom is 0.320 e. The molecule has 0 aliphatic carbocycles. The number of alkyl halides is 2.